The van der Waals surface area contributed by atoms with Crippen LogP contribution in [-0.4, -0.2) is 47.3 Å². The van der Waals surface area contributed by atoms with Crippen molar-refractivity contribution in [3.05, 3.63) is 22.9 Å². The third kappa shape index (κ3) is 5.12. The van der Waals surface area contributed by atoms with Gasteiger partial charge in [-0.05, 0) is 44.7 Å². The van der Waals surface area contributed by atoms with Gasteiger partial charge < -0.3 is 14.1 Å². The van der Waals surface area contributed by atoms with Crippen molar-refractivity contribution in [2.75, 3.05) is 20.2 Å². The Morgan fingerprint density at radius 2 is 2.24 bits per heavy atom. The molecular formula is C18H25N3O3S. The van der Waals surface area contributed by atoms with E-state index in [1.807, 2.05) is 26.1 Å². The predicted molar refractivity (Wildman–Crippen MR) is 96.5 cm³/mol. The molecule has 3 rings (SSSR count). The number of nitrogens with zero attached hydrogens (tertiary/aromatic N) is 3. The molecule has 1 aliphatic heterocycles. The van der Waals surface area contributed by atoms with Gasteiger partial charge in [0.15, 0.2) is 0 Å². The molecule has 25 heavy (non-hydrogen) atoms. The fourth-order valence-electron chi connectivity index (χ4n) is 2.91. The Kier molecular flexibility index (Phi) is 6.20. The summed E-state index contributed by atoms with van der Waals surface area (Å²) in [7, 11) is 1.85. The summed E-state index contributed by atoms with van der Waals surface area (Å²) in [6.45, 7) is 3.62. The van der Waals surface area contributed by atoms with E-state index in [1.54, 1.807) is 16.2 Å². The highest BCUT2D eigenvalue weighted by atomic mass is 32.1. The Morgan fingerprint density at radius 1 is 1.36 bits per heavy atom. The molecule has 0 aromatic carbocycles. The summed E-state index contributed by atoms with van der Waals surface area (Å²) in [5.74, 6) is 1.14. The first-order valence-corrected chi connectivity index (χ1v) is 9.68. The molecule has 3 heterocycles. The molecule has 0 bridgehead atoms. The number of hydrogen-bond acceptors (Lipinski definition) is 6. The minimum Gasteiger partial charge on any atom is -0.420 e. The van der Waals surface area contributed by atoms with Crippen LogP contribution in [0.4, 0.5) is 0 Å². The number of amides is 1. The molecule has 2 aromatic rings. The molecule has 1 saturated heterocycles. The topological polar surface area (TPSA) is 68.5 Å². The van der Waals surface area contributed by atoms with Crippen molar-refractivity contribution in [3.8, 4) is 10.8 Å². The van der Waals surface area contributed by atoms with Crippen LogP contribution in [0.3, 0.4) is 0 Å². The summed E-state index contributed by atoms with van der Waals surface area (Å²) in [5, 5.41) is 8.12. The van der Waals surface area contributed by atoms with Gasteiger partial charge in [0.2, 0.25) is 11.8 Å². The molecule has 1 amide bonds. The first-order chi connectivity index (χ1) is 12.1. The Hall–Kier alpha value is -1.73. The second-order valence-electron chi connectivity index (χ2n) is 6.50. The zero-order valence-electron chi connectivity index (χ0n) is 14.9. The maximum Gasteiger partial charge on any atom is 0.257 e. The van der Waals surface area contributed by atoms with E-state index in [-0.39, 0.29) is 5.91 Å². The molecule has 0 aliphatic carbocycles. The van der Waals surface area contributed by atoms with Crippen LogP contribution in [0.2, 0.25) is 0 Å². The largest absolute Gasteiger partial charge is 0.420 e. The fourth-order valence-corrected chi connectivity index (χ4v) is 3.69. The summed E-state index contributed by atoms with van der Waals surface area (Å²) in [5.41, 5.74) is 0. The maximum absolute atomic E-state index is 12.3. The predicted octanol–water partition coefficient (Wildman–Crippen LogP) is 3.46. The number of aromatic nitrogens is 2. The molecule has 1 aliphatic rings. The standard InChI is InChI=1S/C18H25N3O3S/c1-13-6-7-15(25-13)18-20-19-16(24-18)8-9-17(22)21(2)11-10-14-5-3-4-12-23-14/h6-7,14H,3-5,8-12H2,1-2H3/t14-/m1/s1. The average molecular weight is 363 g/mol. The van der Waals surface area contributed by atoms with E-state index in [2.05, 4.69) is 10.2 Å². The fraction of sp³-hybridized carbons (Fsp3) is 0.611. The van der Waals surface area contributed by atoms with Gasteiger partial charge in [0.05, 0.1) is 11.0 Å². The van der Waals surface area contributed by atoms with Crippen molar-refractivity contribution >= 4 is 17.2 Å². The normalized spacial score (nSPS) is 17.6. The summed E-state index contributed by atoms with van der Waals surface area (Å²) in [6, 6.07) is 4.00. The van der Waals surface area contributed by atoms with Crippen LogP contribution in [-0.2, 0) is 16.0 Å². The van der Waals surface area contributed by atoms with Crippen LogP contribution in [0.5, 0.6) is 0 Å². The molecule has 0 N–H and O–H groups in total. The van der Waals surface area contributed by atoms with Crippen molar-refractivity contribution in [1.82, 2.24) is 15.1 Å². The monoisotopic (exact) mass is 363 g/mol. The molecular weight excluding hydrogens is 338 g/mol. The van der Waals surface area contributed by atoms with Gasteiger partial charge in [-0.25, -0.2) is 0 Å². The van der Waals surface area contributed by atoms with Crippen molar-refractivity contribution in [2.24, 2.45) is 0 Å². The van der Waals surface area contributed by atoms with Gasteiger partial charge in [0.1, 0.15) is 0 Å². The highest BCUT2D eigenvalue weighted by molar-refractivity contribution is 7.15. The zero-order valence-corrected chi connectivity index (χ0v) is 15.7. The lowest BCUT2D eigenvalue weighted by atomic mass is 10.1. The smallest absolute Gasteiger partial charge is 0.257 e. The van der Waals surface area contributed by atoms with Crippen LogP contribution in [0.1, 0.15) is 42.9 Å². The Bertz CT molecular complexity index is 691. The zero-order chi connectivity index (χ0) is 17.6. The Morgan fingerprint density at radius 3 is 2.96 bits per heavy atom. The van der Waals surface area contributed by atoms with E-state index in [0.717, 1.165) is 37.3 Å². The molecule has 1 atom stereocenters. The number of ether oxygens (including phenoxy) is 1. The highest BCUT2D eigenvalue weighted by Gasteiger charge is 2.17. The maximum atomic E-state index is 12.3. The molecule has 7 heteroatoms. The molecule has 1 fully saturated rings. The number of hydrogen-bond donors (Lipinski definition) is 0. The second-order valence-corrected chi connectivity index (χ2v) is 7.79. The first kappa shape index (κ1) is 18.1. The quantitative estimate of drug-likeness (QED) is 0.753. The van der Waals surface area contributed by atoms with Crippen molar-refractivity contribution in [2.45, 2.75) is 51.6 Å². The molecule has 0 spiro atoms. The van der Waals surface area contributed by atoms with E-state index in [9.17, 15) is 4.79 Å². The van der Waals surface area contributed by atoms with Crippen molar-refractivity contribution in [1.29, 1.82) is 0 Å². The SMILES string of the molecule is Cc1ccc(-c2nnc(CCC(=O)N(C)CC[C@H]3CCCCO3)o2)s1. The van der Waals surface area contributed by atoms with Crippen LogP contribution < -0.4 is 0 Å². The number of carbonyl (C=O) groups excluding carboxylic acids is 1. The summed E-state index contributed by atoms with van der Waals surface area (Å²) < 4.78 is 11.4. The van der Waals surface area contributed by atoms with Crippen LogP contribution in [0.15, 0.2) is 16.5 Å². The second kappa shape index (κ2) is 8.58. The lowest BCUT2D eigenvalue weighted by Gasteiger charge is -2.25. The van der Waals surface area contributed by atoms with Crippen molar-refractivity contribution in [3.63, 3.8) is 0 Å². The summed E-state index contributed by atoms with van der Waals surface area (Å²) in [6.07, 6.45) is 5.55. The van der Waals surface area contributed by atoms with Gasteiger partial charge in [-0.15, -0.1) is 21.5 Å². The molecule has 0 unspecified atom stereocenters. The van der Waals surface area contributed by atoms with Gasteiger partial charge in [-0.2, -0.15) is 0 Å². The summed E-state index contributed by atoms with van der Waals surface area (Å²) in [4.78, 5) is 16.2. The lowest BCUT2D eigenvalue weighted by Crippen LogP contribution is -2.31. The lowest BCUT2D eigenvalue weighted by molar-refractivity contribution is -0.130. The van der Waals surface area contributed by atoms with Crippen molar-refractivity contribution < 1.29 is 13.9 Å². The van der Waals surface area contributed by atoms with E-state index in [1.165, 1.54) is 11.3 Å². The van der Waals surface area contributed by atoms with Gasteiger partial charge >= 0.3 is 0 Å². The van der Waals surface area contributed by atoms with E-state index in [0.29, 0.717) is 30.7 Å². The Labute approximate surface area is 152 Å². The van der Waals surface area contributed by atoms with E-state index >= 15 is 0 Å². The number of carbonyl (C=O) groups is 1. The minimum atomic E-state index is 0.0996. The van der Waals surface area contributed by atoms with Crippen LogP contribution in [0, 0.1) is 6.92 Å². The first-order valence-electron chi connectivity index (χ1n) is 8.86. The minimum absolute atomic E-state index is 0.0996. The van der Waals surface area contributed by atoms with E-state index < -0.39 is 0 Å². The third-order valence-corrected chi connectivity index (χ3v) is 5.45. The van der Waals surface area contributed by atoms with E-state index in [4.69, 9.17) is 9.15 Å². The third-order valence-electron chi connectivity index (χ3n) is 4.46. The molecule has 0 saturated carbocycles. The molecule has 136 valence electrons. The number of thiophene rings is 1. The average Bonchev–Trinajstić information content (AvgIpc) is 3.27. The number of aryl methyl sites for hydroxylation is 2. The summed E-state index contributed by atoms with van der Waals surface area (Å²) >= 11 is 1.62. The Balaban J connectivity index is 1.43. The van der Waals surface area contributed by atoms with Crippen LogP contribution >= 0.6 is 11.3 Å². The van der Waals surface area contributed by atoms with Gasteiger partial charge in [-0.3, -0.25) is 4.79 Å². The number of rotatable bonds is 7. The molecule has 2 aromatic heterocycles. The molecule has 0 radical (unpaired) electrons. The van der Waals surface area contributed by atoms with Crippen LogP contribution in [0.25, 0.3) is 10.8 Å². The molecule has 6 nitrogen and oxygen atoms in total. The van der Waals surface area contributed by atoms with Gasteiger partial charge in [-0.1, -0.05) is 0 Å². The van der Waals surface area contributed by atoms with Gasteiger partial charge in [0.25, 0.3) is 5.89 Å². The highest BCUT2D eigenvalue weighted by Crippen LogP contribution is 2.26. The van der Waals surface area contributed by atoms with Gasteiger partial charge in [0, 0.05) is 37.9 Å².